The zero-order valence-corrected chi connectivity index (χ0v) is 16.2. The number of nitrogens with zero attached hydrogens (tertiary/aromatic N) is 2. The smallest absolute Gasteiger partial charge is 0.235 e. The lowest BCUT2D eigenvalue weighted by atomic mass is 10.0. The van der Waals surface area contributed by atoms with Crippen LogP contribution in [-0.2, 0) is 6.42 Å². The highest BCUT2D eigenvalue weighted by molar-refractivity contribution is 5.90. The molecule has 0 unspecified atom stereocenters. The van der Waals surface area contributed by atoms with E-state index in [1.165, 1.54) is 6.08 Å². The van der Waals surface area contributed by atoms with E-state index in [0.29, 0.717) is 6.42 Å². The van der Waals surface area contributed by atoms with E-state index in [-0.39, 0.29) is 11.5 Å². The molecule has 150 valence electrons. The van der Waals surface area contributed by atoms with Crippen LogP contribution in [0.1, 0.15) is 11.1 Å². The summed E-state index contributed by atoms with van der Waals surface area (Å²) in [7, 11) is 0. The molecule has 0 saturated carbocycles. The van der Waals surface area contributed by atoms with E-state index in [1.807, 2.05) is 84.9 Å². The van der Waals surface area contributed by atoms with Crippen molar-refractivity contribution in [2.45, 2.75) is 6.42 Å². The van der Waals surface area contributed by atoms with Gasteiger partial charge >= 0.3 is 0 Å². The number of rotatable bonds is 5. The first-order valence-electron chi connectivity index (χ1n) is 9.42. The van der Waals surface area contributed by atoms with Crippen LogP contribution in [0.2, 0.25) is 0 Å². The van der Waals surface area contributed by atoms with E-state index in [9.17, 15) is 20.2 Å². The van der Waals surface area contributed by atoms with Gasteiger partial charge in [0, 0.05) is 17.4 Å². The average Bonchev–Trinajstić information content (AvgIpc) is 2.76. The Morgan fingerprint density at radius 3 is 1.93 bits per heavy atom. The molecule has 0 N–H and O–H groups in total. The number of hydrogen-bond acceptors (Lipinski definition) is 4. The zero-order valence-electron chi connectivity index (χ0n) is 16.2. The van der Waals surface area contributed by atoms with E-state index in [0.717, 1.165) is 38.9 Å². The fourth-order valence-corrected chi connectivity index (χ4v) is 3.26. The lowest BCUT2D eigenvalue weighted by Crippen LogP contribution is -2.04. The molecule has 4 aromatic carbocycles. The summed E-state index contributed by atoms with van der Waals surface area (Å²) in [5.41, 5.74) is 1.91. The second kappa shape index (κ2) is 9.93. The standard InChI is InChI=1S/C12H11NO2.C12H9NO2/c2*14-13(15)9-8-11-6-3-5-10-4-1-2-7-12(10)11/h1-7H,8-9H2;1-9H. The molecule has 0 saturated heterocycles. The van der Waals surface area contributed by atoms with Gasteiger partial charge in [-0.15, -0.1) is 0 Å². The lowest BCUT2D eigenvalue weighted by Gasteiger charge is -2.03. The van der Waals surface area contributed by atoms with Crippen LogP contribution in [0.15, 0.2) is 91.1 Å². The molecule has 0 fully saturated rings. The van der Waals surface area contributed by atoms with Crippen LogP contribution in [0.3, 0.4) is 0 Å². The molecule has 0 atom stereocenters. The summed E-state index contributed by atoms with van der Waals surface area (Å²) in [4.78, 5) is 19.8. The highest BCUT2D eigenvalue weighted by Crippen LogP contribution is 2.20. The second-order valence-electron chi connectivity index (χ2n) is 6.61. The normalized spacial score (nSPS) is 10.7. The topological polar surface area (TPSA) is 86.3 Å². The fraction of sp³-hybridized carbons (Fsp3) is 0.0833. The van der Waals surface area contributed by atoms with Gasteiger partial charge in [0.25, 0.3) is 0 Å². The van der Waals surface area contributed by atoms with Crippen LogP contribution in [0.4, 0.5) is 0 Å². The molecular weight excluding hydrogens is 380 g/mol. The molecule has 0 aliphatic rings. The summed E-state index contributed by atoms with van der Waals surface area (Å²) >= 11 is 0. The fourth-order valence-electron chi connectivity index (χ4n) is 3.26. The van der Waals surface area contributed by atoms with Crippen LogP contribution in [0.25, 0.3) is 27.6 Å². The number of benzene rings is 4. The van der Waals surface area contributed by atoms with Crippen molar-refractivity contribution in [3.63, 3.8) is 0 Å². The number of hydrogen-bond donors (Lipinski definition) is 0. The number of fused-ring (bicyclic) bond motifs is 2. The van der Waals surface area contributed by atoms with Crippen molar-refractivity contribution in [2.24, 2.45) is 0 Å². The van der Waals surface area contributed by atoms with Crippen molar-refractivity contribution in [1.29, 1.82) is 0 Å². The molecule has 0 heterocycles. The molecule has 0 aliphatic heterocycles. The van der Waals surface area contributed by atoms with Gasteiger partial charge in [-0.05, 0) is 32.7 Å². The zero-order chi connectivity index (χ0) is 21.3. The lowest BCUT2D eigenvalue weighted by molar-refractivity contribution is -0.479. The average molecular weight is 400 g/mol. The first kappa shape index (κ1) is 20.7. The van der Waals surface area contributed by atoms with E-state index in [2.05, 4.69) is 0 Å². The van der Waals surface area contributed by atoms with E-state index < -0.39 is 4.92 Å². The van der Waals surface area contributed by atoms with Gasteiger partial charge in [0.1, 0.15) is 0 Å². The third-order valence-corrected chi connectivity index (χ3v) is 4.64. The minimum Gasteiger partial charge on any atom is -0.265 e. The van der Waals surface area contributed by atoms with Gasteiger partial charge < -0.3 is 0 Å². The van der Waals surface area contributed by atoms with Gasteiger partial charge in [-0.25, -0.2) is 0 Å². The molecule has 0 aliphatic carbocycles. The maximum absolute atomic E-state index is 10.3. The van der Waals surface area contributed by atoms with Crippen LogP contribution < -0.4 is 0 Å². The van der Waals surface area contributed by atoms with Crippen molar-refractivity contribution < 1.29 is 9.85 Å². The monoisotopic (exact) mass is 400 g/mol. The molecule has 6 nitrogen and oxygen atoms in total. The Labute approximate surface area is 173 Å². The quantitative estimate of drug-likeness (QED) is 0.315. The maximum atomic E-state index is 10.3. The van der Waals surface area contributed by atoms with Crippen LogP contribution in [0, 0.1) is 20.2 Å². The molecule has 0 amide bonds. The Kier molecular flexibility index (Phi) is 6.84. The molecule has 0 bridgehead atoms. The highest BCUT2D eigenvalue weighted by atomic mass is 16.6. The van der Waals surface area contributed by atoms with Gasteiger partial charge in [-0.1, -0.05) is 84.9 Å². The Morgan fingerprint density at radius 2 is 1.27 bits per heavy atom. The molecule has 4 rings (SSSR count). The van der Waals surface area contributed by atoms with E-state index in [1.54, 1.807) is 0 Å². The summed E-state index contributed by atoms with van der Waals surface area (Å²) in [6, 6.07) is 27.4. The Morgan fingerprint density at radius 1 is 0.700 bits per heavy atom. The Bertz CT molecular complexity index is 1210. The van der Waals surface area contributed by atoms with Crippen molar-refractivity contribution in [3.8, 4) is 0 Å². The van der Waals surface area contributed by atoms with Crippen LogP contribution in [-0.4, -0.2) is 16.4 Å². The second-order valence-corrected chi connectivity index (χ2v) is 6.61. The Balaban J connectivity index is 0.000000171. The Hall–Kier alpha value is -4.06. The molecule has 0 spiro atoms. The van der Waals surface area contributed by atoms with Crippen molar-refractivity contribution >= 4 is 27.6 Å². The summed E-state index contributed by atoms with van der Waals surface area (Å²) in [5, 5.41) is 24.9. The van der Waals surface area contributed by atoms with Crippen LogP contribution >= 0.6 is 0 Å². The van der Waals surface area contributed by atoms with Crippen molar-refractivity contribution in [1.82, 2.24) is 0 Å². The minimum absolute atomic E-state index is 0.00594. The first-order valence-corrected chi connectivity index (χ1v) is 9.42. The predicted molar refractivity (Wildman–Crippen MR) is 119 cm³/mol. The van der Waals surface area contributed by atoms with Gasteiger partial charge in [0.15, 0.2) is 0 Å². The molecule has 0 radical (unpaired) electrons. The first-order chi connectivity index (χ1) is 14.5. The maximum Gasteiger partial charge on any atom is 0.235 e. The van der Waals surface area contributed by atoms with E-state index in [4.69, 9.17) is 0 Å². The highest BCUT2D eigenvalue weighted by Gasteiger charge is 2.03. The number of nitro groups is 2. The van der Waals surface area contributed by atoms with Crippen LogP contribution in [0.5, 0.6) is 0 Å². The molecule has 6 heteroatoms. The molecular formula is C24H20N2O4. The summed E-state index contributed by atoms with van der Waals surface area (Å²) in [5.74, 6) is 0. The molecule has 30 heavy (non-hydrogen) atoms. The van der Waals surface area contributed by atoms with Crippen molar-refractivity contribution in [3.05, 3.63) is 122 Å². The van der Waals surface area contributed by atoms with E-state index >= 15 is 0 Å². The van der Waals surface area contributed by atoms with Gasteiger partial charge in [0.05, 0.1) is 4.92 Å². The predicted octanol–water partition coefficient (Wildman–Crippen LogP) is 5.75. The van der Waals surface area contributed by atoms with Crippen molar-refractivity contribution in [2.75, 3.05) is 6.54 Å². The molecule has 0 aromatic heterocycles. The molecule has 4 aromatic rings. The SMILES string of the molecule is O=[N+]([O-])C=Cc1cccc2ccccc12.O=[N+]([O-])CCc1cccc2ccccc12. The third kappa shape index (κ3) is 5.48. The summed E-state index contributed by atoms with van der Waals surface area (Å²) in [6.07, 6.45) is 2.97. The minimum atomic E-state index is -0.457. The summed E-state index contributed by atoms with van der Waals surface area (Å²) in [6.45, 7) is -0.00594. The largest absolute Gasteiger partial charge is 0.265 e. The van der Waals surface area contributed by atoms with Gasteiger partial charge in [0.2, 0.25) is 12.7 Å². The van der Waals surface area contributed by atoms with Gasteiger partial charge in [-0.3, -0.25) is 20.2 Å². The summed E-state index contributed by atoms with van der Waals surface area (Å²) < 4.78 is 0. The third-order valence-electron chi connectivity index (χ3n) is 4.64. The van der Waals surface area contributed by atoms with Gasteiger partial charge in [-0.2, -0.15) is 0 Å².